The summed E-state index contributed by atoms with van der Waals surface area (Å²) in [5.41, 5.74) is 5.10. The van der Waals surface area contributed by atoms with Crippen LogP contribution in [-0.4, -0.2) is 19.1 Å². The number of hydrogen-bond acceptors (Lipinski definition) is 2. The van der Waals surface area contributed by atoms with E-state index in [4.69, 9.17) is 5.73 Å². The van der Waals surface area contributed by atoms with Crippen LogP contribution in [0.15, 0.2) is 12.8 Å². The van der Waals surface area contributed by atoms with Crippen LogP contribution in [0.4, 0.5) is 4.79 Å². The summed E-state index contributed by atoms with van der Waals surface area (Å²) < 4.78 is 0. The van der Waals surface area contributed by atoms with E-state index in [1.165, 1.54) is 6.20 Å². The van der Waals surface area contributed by atoms with Crippen molar-refractivity contribution in [1.29, 1.82) is 0 Å². The molecule has 0 aromatic heterocycles. The molecule has 52 valence electrons. The molecule has 0 saturated carbocycles. The Morgan fingerprint density at radius 2 is 2.44 bits per heavy atom. The van der Waals surface area contributed by atoms with Gasteiger partial charge in [-0.15, -0.1) is 0 Å². The highest BCUT2D eigenvalue weighted by Gasteiger charge is 1.90. The molecule has 4 nitrogen and oxygen atoms in total. The summed E-state index contributed by atoms with van der Waals surface area (Å²) in [5, 5.41) is 4.83. The van der Waals surface area contributed by atoms with Crippen molar-refractivity contribution in [3.05, 3.63) is 12.8 Å². The van der Waals surface area contributed by atoms with Crippen molar-refractivity contribution >= 4 is 6.03 Å². The zero-order valence-corrected chi connectivity index (χ0v) is 5.18. The van der Waals surface area contributed by atoms with Crippen LogP contribution in [-0.2, 0) is 0 Å². The summed E-state index contributed by atoms with van der Waals surface area (Å²) in [7, 11) is 0. The lowest BCUT2D eigenvalue weighted by molar-refractivity contribution is 0.244. The van der Waals surface area contributed by atoms with Crippen LogP contribution in [0.1, 0.15) is 0 Å². The third-order valence-corrected chi connectivity index (χ3v) is 0.663. The number of rotatable bonds is 3. The largest absolute Gasteiger partial charge is 0.337 e. The van der Waals surface area contributed by atoms with Crippen molar-refractivity contribution in [1.82, 2.24) is 10.6 Å². The van der Waals surface area contributed by atoms with Gasteiger partial charge in [0.1, 0.15) is 0 Å². The smallest absolute Gasteiger partial charge is 0.318 e. The lowest BCUT2D eigenvalue weighted by Gasteiger charge is -1.99. The van der Waals surface area contributed by atoms with E-state index in [1.54, 1.807) is 0 Å². The van der Waals surface area contributed by atoms with Crippen molar-refractivity contribution in [3.8, 4) is 0 Å². The Kier molecular flexibility index (Phi) is 4.53. The van der Waals surface area contributed by atoms with E-state index >= 15 is 0 Å². The third-order valence-electron chi connectivity index (χ3n) is 0.663. The second-order valence-corrected chi connectivity index (χ2v) is 1.39. The fraction of sp³-hybridized carbons (Fsp3) is 0.400. The normalized spacial score (nSPS) is 8.11. The van der Waals surface area contributed by atoms with Crippen LogP contribution < -0.4 is 16.4 Å². The molecule has 0 radical (unpaired) electrons. The lowest BCUT2D eigenvalue weighted by Crippen LogP contribution is -2.35. The lowest BCUT2D eigenvalue weighted by atomic mass is 10.6. The molecule has 4 heteroatoms. The summed E-state index contributed by atoms with van der Waals surface area (Å²) in [4.78, 5) is 10.5. The van der Waals surface area contributed by atoms with Gasteiger partial charge in [0.15, 0.2) is 0 Å². The first-order valence-electron chi connectivity index (χ1n) is 2.66. The molecule has 9 heavy (non-hydrogen) atoms. The minimum absolute atomic E-state index is 0.268. The van der Waals surface area contributed by atoms with E-state index in [2.05, 4.69) is 17.2 Å². The van der Waals surface area contributed by atoms with Gasteiger partial charge in [0, 0.05) is 13.1 Å². The molecular formula is C5H11N3O. The highest BCUT2D eigenvalue weighted by atomic mass is 16.2. The van der Waals surface area contributed by atoms with E-state index in [9.17, 15) is 4.79 Å². The summed E-state index contributed by atoms with van der Waals surface area (Å²) in [5.74, 6) is 0. The second kappa shape index (κ2) is 5.11. The third kappa shape index (κ3) is 4.83. The first-order valence-corrected chi connectivity index (χ1v) is 2.66. The zero-order chi connectivity index (χ0) is 7.11. The molecule has 0 atom stereocenters. The number of nitrogens with two attached hydrogens (primary N) is 1. The van der Waals surface area contributed by atoms with Gasteiger partial charge in [0.05, 0.1) is 0 Å². The number of urea groups is 1. The number of amides is 2. The minimum Gasteiger partial charge on any atom is -0.337 e. The highest BCUT2D eigenvalue weighted by molar-refractivity contribution is 5.74. The highest BCUT2D eigenvalue weighted by Crippen LogP contribution is 1.60. The van der Waals surface area contributed by atoms with Gasteiger partial charge in [-0.1, -0.05) is 6.58 Å². The maximum atomic E-state index is 10.5. The predicted molar refractivity (Wildman–Crippen MR) is 35.8 cm³/mol. The van der Waals surface area contributed by atoms with Gasteiger partial charge in [-0.2, -0.15) is 0 Å². The molecule has 0 saturated heterocycles. The van der Waals surface area contributed by atoms with Gasteiger partial charge in [0.25, 0.3) is 0 Å². The Balaban J connectivity index is 3.16. The van der Waals surface area contributed by atoms with Crippen LogP contribution >= 0.6 is 0 Å². The van der Waals surface area contributed by atoms with Crippen molar-refractivity contribution < 1.29 is 4.79 Å². The Labute approximate surface area is 54.1 Å². The standard InChI is InChI=1S/C5H11N3O/c1-2-7-5(9)8-4-3-6/h2H,1,3-4,6H2,(H2,7,8,9). The van der Waals surface area contributed by atoms with Gasteiger partial charge in [-0.05, 0) is 6.20 Å². The molecule has 0 aromatic rings. The van der Waals surface area contributed by atoms with Crippen molar-refractivity contribution in [2.45, 2.75) is 0 Å². The monoisotopic (exact) mass is 129 g/mol. The molecule has 0 aromatic carbocycles. The average Bonchev–Trinajstić information content (AvgIpc) is 1.85. The predicted octanol–water partition coefficient (Wildman–Crippen LogP) is -0.612. The average molecular weight is 129 g/mol. The molecular weight excluding hydrogens is 118 g/mol. The summed E-state index contributed by atoms with van der Waals surface area (Å²) in [6, 6.07) is -0.268. The molecule has 2 amide bonds. The molecule has 4 N–H and O–H groups in total. The molecule has 0 rings (SSSR count). The van der Waals surface area contributed by atoms with Gasteiger partial charge in [-0.25, -0.2) is 4.79 Å². The Bertz CT molecular complexity index is 102. The molecule has 0 spiro atoms. The van der Waals surface area contributed by atoms with Crippen LogP contribution in [0, 0.1) is 0 Å². The fourth-order valence-electron chi connectivity index (χ4n) is 0.329. The minimum atomic E-state index is -0.268. The maximum absolute atomic E-state index is 10.5. The van der Waals surface area contributed by atoms with Gasteiger partial charge >= 0.3 is 6.03 Å². The molecule has 0 fully saturated rings. The van der Waals surface area contributed by atoms with Crippen molar-refractivity contribution in [2.24, 2.45) is 5.73 Å². The number of nitrogens with one attached hydrogen (secondary N) is 2. The fourth-order valence-corrected chi connectivity index (χ4v) is 0.329. The molecule has 0 aliphatic carbocycles. The van der Waals surface area contributed by atoms with Gasteiger partial charge in [0.2, 0.25) is 0 Å². The van der Waals surface area contributed by atoms with Crippen LogP contribution in [0.25, 0.3) is 0 Å². The van der Waals surface area contributed by atoms with Crippen molar-refractivity contribution in [3.63, 3.8) is 0 Å². The molecule has 0 heterocycles. The number of carbonyl (C=O) groups is 1. The van der Waals surface area contributed by atoms with E-state index in [-0.39, 0.29) is 6.03 Å². The molecule has 0 bridgehead atoms. The van der Waals surface area contributed by atoms with Crippen molar-refractivity contribution in [2.75, 3.05) is 13.1 Å². The van der Waals surface area contributed by atoms with E-state index in [0.717, 1.165) is 0 Å². The van der Waals surface area contributed by atoms with E-state index in [1.807, 2.05) is 0 Å². The Morgan fingerprint density at radius 1 is 1.78 bits per heavy atom. The molecule has 0 unspecified atom stereocenters. The molecule has 0 aliphatic heterocycles. The second-order valence-electron chi connectivity index (χ2n) is 1.39. The van der Waals surface area contributed by atoms with E-state index < -0.39 is 0 Å². The SMILES string of the molecule is C=CNC(=O)NCCN. The summed E-state index contributed by atoms with van der Waals surface area (Å²) >= 11 is 0. The first kappa shape index (κ1) is 7.97. The van der Waals surface area contributed by atoms with Gasteiger partial charge < -0.3 is 16.4 Å². The van der Waals surface area contributed by atoms with Crippen LogP contribution in [0.5, 0.6) is 0 Å². The first-order chi connectivity index (χ1) is 4.31. The summed E-state index contributed by atoms with van der Waals surface area (Å²) in [6.07, 6.45) is 1.31. The number of carbonyl (C=O) groups excluding carboxylic acids is 1. The molecule has 0 aliphatic rings. The zero-order valence-electron chi connectivity index (χ0n) is 5.18. The topological polar surface area (TPSA) is 67.2 Å². The Morgan fingerprint density at radius 3 is 2.89 bits per heavy atom. The summed E-state index contributed by atoms with van der Waals surface area (Å²) in [6.45, 7) is 4.24. The maximum Gasteiger partial charge on any atom is 0.318 e. The quantitative estimate of drug-likeness (QED) is 0.475. The van der Waals surface area contributed by atoms with Crippen LogP contribution in [0.2, 0.25) is 0 Å². The van der Waals surface area contributed by atoms with Crippen LogP contribution in [0.3, 0.4) is 0 Å². The number of hydrogen-bond donors (Lipinski definition) is 3. The Hall–Kier alpha value is -1.03. The van der Waals surface area contributed by atoms with E-state index in [0.29, 0.717) is 13.1 Å². The van der Waals surface area contributed by atoms with Gasteiger partial charge in [-0.3, -0.25) is 0 Å².